The van der Waals surface area contributed by atoms with Crippen molar-refractivity contribution in [2.75, 3.05) is 11.4 Å². The van der Waals surface area contributed by atoms with Crippen molar-refractivity contribution in [2.45, 2.75) is 18.9 Å². The molecule has 4 rings (SSSR count). The van der Waals surface area contributed by atoms with Gasteiger partial charge < -0.3 is 14.2 Å². The molecule has 8 nitrogen and oxygen atoms in total. The van der Waals surface area contributed by atoms with Crippen molar-refractivity contribution in [3.05, 3.63) is 54.4 Å². The van der Waals surface area contributed by atoms with E-state index < -0.39 is 0 Å². The largest absolute Gasteiger partial charge is 0.485 e. The number of rotatable bonds is 5. The number of aromatic amines is 1. The van der Waals surface area contributed by atoms with Gasteiger partial charge in [0.1, 0.15) is 5.75 Å². The fourth-order valence-electron chi connectivity index (χ4n) is 2.67. The van der Waals surface area contributed by atoms with Gasteiger partial charge in [-0.1, -0.05) is 23.4 Å². The molecule has 0 saturated carbocycles. The fourth-order valence-corrected chi connectivity index (χ4v) is 2.67. The molecule has 3 heterocycles. The summed E-state index contributed by atoms with van der Waals surface area (Å²) in [5.41, 5.74) is 0.745. The van der Waals surface area contributed by atoms with Crippen molar-refractivity contribution in [1.82, 2.24) is 20.3 Å². The van der Waals surface area contributed by atoms with Gasteiger partial charge in [0, 0.05) is 19.2 Å². The van der Waals surface area contributed by atoms with Crippen LogP contribution in [0.1, 0.15) is 24.1 Å². The average molecular weight is 325 g/mol. The lowest BCUT2D eigenvalue weighted by molar-refractivity contribution is -0.117. The minimum Gasteiger partial charge on any atom is -0.485 e. The molecule has 1 unspecified atom stereocenters. The monoisotopic (exact) mass is 325 g/mol. The van der Waals surface area contributed by atoms with E-state index >= 15 is 0 Å². The highest BCUT2D eigenvalue weighted by Crippen LogP contribution is 2.30. The first-order chi connectivity index (χ1) is 11.8. The second-order valence-corrected chi connectivity index (χ2v) is 5.51. The van der Waals surface area contributed by atoms with Crippen LogP contribution in [0.4, 0.5) is 5.69 Å². The van der Waals surface area contributed by atoms with Crippen LogP contribution in [0.5, 0.6) is 5.75 Å². The summed E-state index contributed by atoms with van der Waals surface area (Å²) in [6, 6.07) is 9.43. The van der Waals surface area contributed by atoms with Crippen molar-refractivity contribution < 1.29 is 14.1 Å². The Morgan fingerprint density at radius 3 is 3.00 bits per heavy atom. The number of carbonyl (C=O) groups is 1. The molecule has 0 aliphatic carbocycles. The van der Waals surface area contributed by atoms with Gasteiger partial charge in [0.25, 0.3) is 0 Å². The first-order valence-electron chi connectivity index (χ1n) is 7.59. The number of amides is 1. The first-order valence-corrected chi connectivity index (χ1v) is 7.59. The molecule has 1 atom stereocenters. The Morgan fingerprint density at radius 2 is 2.21 bits per heavy atom. The molecule has 122 valence electrons. The van der Waals surface area contributed by atoms with Crippen molar-refractivity contribution in [3.63, 3.8) is 0 Å². The van der Waals surface area contributed by atoms with Crippen molar-refractivity contribution in [1.29, 1.82) is 0 Å². The number of ether oxygens (including phenoxy) is 1. The number of benzene rings is 1. The second kappa shape index (κ2) is 6.15. The van der Waals surface area contributed by atoms with Crippen LogP contribution < -0.4 is 9.64 Å². The lowest BCUT2D eigenvalue weighted by Gasteiger charge is -2.12. The van der Waals surface area contributed by atoms with Gasteiger partial charge in [0.05, 0.1) is 17.8 Å². The zero-order valence-corrected chi connectivity index (χ0v) is 12.8. The molecule has 0 radical (unpaired) electrons. The van der Waals surface area contributed by atoms with Gasteiger partial charge in [-0.05, 0) is 12.1 Å². The molecule has 1 fully saturated rings. The van der Waals surface area contributed by atoms with Gasteiger partial charge in [0.2, 0.25) is 17.6 Å². The number of nitrogens with zero attached hydrogens (tertiary/aromatic N) is 4. The van der Waals surface area contributed by atoms with Crippen LogP contribution in [0.15, 0.2) is 47.2 Å². The number of para-hydroxylation sites is 1. The van der Waals surface area contributed by atoms with Gasteiger partial charge in [-0.3, -0.25) is 9.89 Å². The summed E-state index contributed by atoms with van der Waals surface area (Å²) >= 11 is 0. The molecule has 1 N–H and O–H groups in total. The van der Waals surface area contributed by atoms with E-state index in [1.165, 1.54) is 0 Å². The minimum absolute atomic E-state index is 0.0154. The number of hydrogen-bond acceptors (Lipinski definition) is 6. The number of nitrogens with one attached hydrogen (secondary N) is 1. The lowest BCUT2D eigenvalue weighted by Crippen LogP contribution is -2.23. The molecule has 0 bridgehead atoms. The Bertz CT molecular complexity index is 815. The molecule has 0 spiro atoms. The summed E-state index contributed by atoms with van der Waals surface area (Å²) < 4.78 is 10.9. The van der Waals surface area contributed by atoms with Gasteiger partial charge >= 0.3 is 0 Å². The van der Waals surface area contributed by atoms with E-state index in [0.29, 0.717) is 24.7 Å². The molecule has 1 saturated heterocycles. The van der Waals surface area contributed by atoms with Crippen molar-refractivity contribution >= 4 is 11.6 Å². The fraction of sp³-hybridized carbons (Fsp3) is 0.250. The van der Waals surface area contributed by atoms with Gasteiger partial charge in [-0.2, -0.15) is 10.1 Å². The summed E-state index contributed by atoms with van der Waals surface area (Å²) in [6.45, 7) is 0.721. The van der Waals surface area contributed by atoms with Gasteiger partial charge in [-0.15, -0.1) is 0 Å². The average Bonchev–Trinajstić information content (AvgIpc) is 3.34. The van der Waals surface area contributed by atoms with Crippen molar-refractivity contribution in [2.24, 2.45) is 0 Å². The van der Waals surface area contributed by atoms with Crippen LogP contribution >= 0.6 is 0 Å². The predicted molar refractivity (Wildman–Crippen MR) is 83.4 cm³/mol. The molecule has 24 heavy (non-hydrogen) atoms. The normalized spacial score (nSPS) is 17.4. The van der Waals surface area contributed by atoms with Gasteiger partial charge in [-0.25, -0.2) is 0 Å². The Labute approximate surface area is 137 Å². The molecule has 8 heteroatoms. The van der Waals surface area contributed by atoms with E-state index in [-0.39, 0.29) is 18.4 Å². The third kappa shape index (κ3) is 2.85. The Balaban J connectivity index is 1.41. The third-order valence-corrected chi connectivity index (χ3v) is 3.86. The molecule has 3 aromatic rings. The first kappa shape index (κ1) is 14.4. The number of aromatic nitrogens is 4. The van der Waals surface area contributed by atoms with Crippen LogP contribution in [-0.2, 0) is 11.4 Å². The minimum atomic E-state index is -0.120. The number of hydrogen-bond donors (Lipinski definition) is 1. The smallest absolute Gasteiger partial charge is 0.232 e. The Kier molecular flexibility index (Phi) is 3.70. The van der Waals surface area contributed by atoms with E-state index in [9.17, 15) is 4.79 Å². The van der Waals surface area contributed by atoms with E-state index in [4.69, 9.17) is 9.26 Å². The van der Waals surface area contributed by atoms with Crippen LogP contribution in [0.3, 0.4) is 0 Å². The van der Waals surface area contributed by atoms with Crippen LogP contribution in [0, 0.1) is 0 Å². The number of anilines is 1. The molecular formula is C16H15N5O3. The summed E-state index contributed by atoms with van der Waals surface area (Å²) in [6.07, 6.45) is 3.65. The van der Waals surface area contributed by atoms with E-state index in [0.717, 1.165) is 11.4 Å². The molecule has 1 aromatic carbocycles. The SMILES string of the molecule is O=C1CC(c2nc(COc3ccccc3)no2)CN1c1cn[nH]c1. The Morgan fingerprint density at radius 1 is 1.33 bits per heavy atom. The standard InChI is InChI=1S/C16H15N5O3/c22-15-6-11(9-21(15)12-7-17-18-8-12)16-19-14(20-24-16)10-23-13-4-2-1-3-5-13/h1-5,7-8,11H,6,9-10H2,(H,17,18). The quantitative estimate of drug-likeness (QED) is 0.769. The number of H-pyrrole nitrogens is 1. The highest BCUT2D eigenvalue weighted by molar-refractivity contribution is 5.96. The maximum absolute atomic E-state index is 12.1. The third-order valence-electron chi connectivity index (χ3n) is 3.86. The summed E-state index contributed by atoms with van der Waals surface area (Å²) in [5.74, 6) is 1.56. The molecule has 1 aliphatic heterocycles. The highest BCUT2D eigenvalue weighted by Gasteiger charge is 2.35. The van der Waals surface area contributed by atoms with Gasteiger partial charge in [0.15, 0.2) is 6.61 Å². The van der Waals surface area contributed by atoms with Crippen LogP contribution in [-0.4, -0.2) is 32.8 Å². The maximum Gasteiger partial charge on any atom is 0.232 e. The summed E-state index contributed by atoms with van der Waals surface area (Å²) in [7, 11) is 0. The molecule has 1 aliphatic rings. The Hall–Kier alpha value is -3.16. The molecular weight excluding hydrogens is 310 g/mol. The molecule has 1 amide bonds. The van der Waals surface area contributed by atoms with Crippen LogP contribution in [0.25, 0.3) is 0 Å². The summed E-state index contributed by atoms with van der Waals surface area (Å²) in [5, 5.41) is 10.5. The maximum atomic E-state index is 12.1. The molecule has 2 aromatic heterocycles. The number of carbonyl (C=O) groups excluding carboxylic acids is 1. The second-order valence-electron chi connectivity index (χ2n) is 5.51. The lowest BCUT2D eigenvalue weighted by atomic mass is 10.1. The van der Waals surface area contributed by atoms with E-state index in [1.54, 1.807) is 17.3 Å². The van der Waals surface area contributed by atoms with Crippen LogP contribution in [0.2, 0.25) is 0 Å². The van der Waals surface area contributed by atoms with E-state index in [1.807, 2.05) is 30.3 Å². The zero-order valence-electron chi connectivity index (χ0n) is 12.8. The van der Waals surface area contributed by atoms with E-state index in [2.05, 4.69) is 20.3 Å². The van der Waals surface area contributed by atoms with Crippen molar-refractivity contribution in [3.8, 4) is 5.75 Å². The topological polar surface area (TPSA) is 97.1 Å². The highest BCUT2D eigenvalue weighted by atomic mass is 16.5. The predicted octanol–water partition coefficient (Wildman–Crippen LogP) is 1.89. The summed E-state index contributed by atoms with van der Waals surface area (Å²) in [4.78, 5) is 18.2. The zero-order chi connectivity index (χ0) is 16.4.